The highest BCUT2D eigenvalue weighted by atomic mass is 32.2. The Morgan fingerprint density at radius 1 is 1.16 bits per heavy atom. The van der Waals surface area contributed by atoms with Crippen LogP contribution in [0, 0.1) is 0 Å². The summed E-state index contributed by atoms with van der Waals surface area (Å²) in [5.74, 6) is -7.95. The van der Waals surface area contributed by atoms with Crippen LogP contribution in [-0.2, 0) is 0 Å². The Morgan fingerprint density at radius 2 is 1.74 bits per heavy atom. The summed E-state index contributed by atoms with van der Waals surface area (Å²) in [5, 5.41) is -0.243. The topological polar surface area (TPSA) is 17.1 Å². The number of alkyl halides is 4. The largest absolute Gasteiger partial charge is 0.309 e. The van der Waals surface area contributed by atoms with Crippen LogP contribution in [0.15, 0.2) is 30.3 Å². The first-order valence-corrected chi connectivity index (χ1v) is 6.70. The predicted octanol–water partition coefficient (Wildman–Crippen LogP) is 4.63. The van der Waals surface area contributed by atoms with E-state index in [4.69, 9.17) is 0 Å². The fourth-order valence-corrected chi connectivity index (χ4v) is 2.11. The van der Waals surface area contributed by atoms with Gasteiger partial charge in [0.05, 0.1) is 0 Å². The molecule has 0 aliphatic rings. The van der Waals surface area contributed by atoms with Crippen molar-refractivity contribution in [3.63, 3.8) is 0 Å². The summed E-state index contributed by atoms with van der Waals surface area (Å²) in [6.07, 6.45) is -1.06. The van der Waals surface area contributed by atoms with Crippen molar-refractivity contribution in [2.24, 2.45) is 0 Å². The maximum atomic E-state index is 12.9. The molecular weight excluding hydrogens is 280 g/mol. The molecule has 1 nitrogen and oxygen atoms in total. The van der Waals surface area contributed by atoms with Crippen LogP contribution in [0.5, 0.6) is 0 Å². The molecule has 0 fully saturated rings. The van der Waals surface area contributed by atoms with Gasteiger partial charge in [-0.2, -0.15) is 8.78 Å². The van der Waals surface area contributed by atoms with Crippen molar-refractivity contribution >= 4 is 16.9 Å². The molecule has 0 unspecified atom stereocenters. The van der Waals surface area contributed by atoms with Gasteiger partial charge < -0.3 is 0 Å². The highest BCUT2D eigenvalue weighted by Crippen LogP contribution is 2.37. The number of thioether (sulfide) groups is 1. The molecule has 0 aliphatic carbocycles. The van der Waals surface area contributed by atoms with Crippen LogP contribution < -0.4 is 0 Å². The molecular formula is C13H14F4OS. The molecule has 1 aromatic rings. The molecule has 0 saturated heterocycles. The molecule has 0 bridgehead atoms. The van der Waals surface area contributed by atoms with Crippen molar-refractivity contribution in [2.45, 2.75) is 31.6 Å². The molecule has 106 valence electrons. The Labute approximate surface area is 113 Å². The number of carbonyl (C=O) groups excluding carboxylic acids is 1. The molecule has 6 heteroatoms. The smallest absolute Gasteiger partial charge is 0.282 e. The van der Waals surface area contributed by atoms with Gasteiger partial charge in [0.15, 0.2) is 0 Å². The van der Waals surface area contributed by atoms with Crippen LogP contribution in [0.1, 0.15) is 30.1 Å². The summed E-state index contributed by atoms with van der Waals surface area (Å²) in [5.41, 5.74) is 0.472. The maximum absolute atomic E-state index is 12.9. The van der Waals surface area contributed by atoms with E-state index in [2.05, 4.69) is 0 Å². The van der Waals surface area contributed by atoms with Crippen molar-refractivity contribution < 1.29 is 22.4 Å². The number of carbonyl (C=O) groups is 1. The van der Waals surface area contributed by atoms with E-state index < -0.39 is 18.3 Å². The minimum absolute atomic E-state index is 0.0966. The highest BCUT2D eigenvalue weighted by Gasteiger charge is 2.51. The minimum Gasteiger partial charge on any atom is -0.282 e. The van der Waals surface area contributed by atoms with Gasteiger partial charge in [0.2, 0.25) is 5.12 Å². The van der Waals surface area contributed by atoms with Gasteiger partial charge in [-0.1, -0.05) is 42.1 Å². The molecule has 0 amide bonds. The van der Waals surface area contributed by atoms with Gasteiger partial charge in [0.1, 0.15) is 0 Å². The molecule has 0 aliphatic heterocycles. The summed E-state index contributed by atoms with van der Waals surface area (Å²) in [6, 6.07) is 8.37. The Balaban J connectivity index is 2.34. The van der Waals surface area contributed by atoms with Gasteiger partial charge in [-0.25, -0.2) is 8.78 Å². The molecule has 0 atom stereocenters. The lowest BCUT2D eigenvalue weighted by Gasteiger charge is -2.22. The lowest BCUT2D eigenvalue weighted by molar-refractivity contribution is -0.200. The monoisotopic (exact) mass is 294 g/mol. The van der Waals surface area contributed by atoms with Crippen molar-refractivity contribution in [1.29, 1.82) is 0 Å². The van der Waals surface area contributed by atoms with Gasteiger partial charge in [0.25, 0.3) is 0 Å². The Bertz CT molecular complexity index is 414. The first kappa shape index (κ1) is 16.0. The lowest BCUT2D eigenvalue weighted by Crippen LogP contribution is -2.37. The molecule has 1 aromatic carbocycles. The standard InChI is InChI=1S/C13H14F4OS/c1-12(14,15)13(16,17)8-5-9-19-11(18)10-6-3-2-4-7-10/h2-4,6-7H,5,8-9H2,1H3. The van der Waals surface area contributed by atoms with Crippen molar-refractivity contribution in [2.75, 3.05) is 5.75 Å². The van der Waals surface area contributed by atoms with Crippen molar-refractivity contribution in [3.05, 3.63) is 35.9 Å². The van der Waals surface area contributed by atoms with E-state index in [1.807, 2.05) is 0 Å². The number of rotatable bonds is 6. The number of benzene rings is 1. The molecule has 0 N–H and O–H groups in total. The summed E-state index contributed by atoms with van der Waals surface area (Å²) in [6.45, 7) is 0.204. The SMILES string of the molecule is CC(F)(F)C(F)(F)CCCSC(=O)c1ccccc1. The Kier molecular flexibility index (Phi) is 5.40. The van der Waals surface area contributed by atoms with E-state index in [1.165, 1.54) is 0 Å². The molecule has 19 heavy (non-hydrogen) atoms. The Morgan fingerprint density at radius 3 is 2.26 bits per heavy atom. The molecule has 0 radical (unpaired) electrons. The Hall–Kier alpha value is -1.04. The van der Waals surface area contributed by atoms with E-state index in [-0.39, 0.29) is 24.2 Å². The lowest BCUT2D eigenvalue weighted by atomic mass is 10.1. The molecule has 0 aromatic heterocycles. The fourth-order valence-electron chi connectivity index (χ4n) is 1.34. The minimum atomic E-state index is -4.03. The van der Waals surface area contributed by atoms with E-state index in [1.54, 1.807) is 30.3 Å². The third-order valence-corrected chi connectivity index (χ3v) is 3.51. The number of hydrogen-bond acceptors (Lipinski definition) is 2. The highest BCUT2D eigenvalue weighted by molar-refractivity contribution is 8.14. The third kappa shape index (κ3) is 4.86. The second-order valence-electron chi connectivity index (χ2n) is 4.20. The predicted molar refractivity (Wildman–Crippen MR) is 68.0 cm³/mol. The quantitative estimate of drug-likeness (QED) is 0.562. The van der Waals surface area contributed by atoms with E-state index in [0.717, 1.165) is 11.8 Å². The maximum Gasteiger partial charge on any atom is 0.309 e. The van der Waals surface area contributed by atoms with Gasteiger partial charge >= 0.3 is 11.8 Å². The molecule has 0 heterocycles. The van der Waals surface area contributed by atoms with E-state index in [0.29, 0.717) is 5.56 Å². The normalized spacial score (nSPS) is 12.5. The van der Waals surface area contributed by atoms with Crippen LogP contribution in [0.2, 0.25) is 0 Å². The average Bonchev–Trinajstić information content (AvgIpc) is 2.34. The molecule has 0 spiro atoms. The summed E-state index contributed by atoms with van der Waals surface area (Å²) < 4.78 is 50.9. The zero-order valence-electron chi connectivity index (χ0n) is 10.3. The first-order valence-electron chi connectivity index (χ1n) is 5.72. The first-order chi connectivity index (χ1) is 8.74. The fraction of sp³-hybridized carbons (Fsp3) is 0.462. The zero-order valence-corrected chi connectivity index (χ0v) is 11.2. The van der Waals surface area contributed by atoms with E-state index in [9.17, 15) is 22.4 Å². The van der Waals surface area contributed by atoms with Crippen LogP contribution in [0.25, 0.3) is 0 Å². The van der Waals surface area contributed by atoms with Crippen molar-refractivity contribution in [3.8, 4) is 0 Å². The second kappa shape index (κ2) is 6.41. The number of halogens is 4. The number of hydrogen-bond donors (Lipinski definition) is 0. The van der Waals surface area contributed by atoms with Gasteiger partial charge in [-0.15, -0.1) is 0 Å². The molecule has 1 rings (SSSR count). The van der Waals surface area contributed by atoms with Crippen molar-refractivity contribution in [1.82, 2.24) is 0 Å². The summed E-state index contributed by atoms with van der Waals surface area (Å²) in [4.78, 5) is 11.6. The van der Waals surface area contributed by atoms with Crippen LogP contribution in [0.4, 0.5) is 17.6 Å². The summed E-state index contributed by atoms with van der Waals surface area (Å²) in [7, 11) is 0. The van der Waals surface area contributed by atoms with Crippen LogP contribution in [0.3, 0.4) is 0 Å². The molecule has 0 saturated carbocycles. The van der Waals surface area contributed by atoms with Gasteiger partial charge in [-0.05, 0) is 6.42 Å². The van der Waals surface area contributed by atoms with E-state index >= 15 is 0 Å². The second-order valence-corrected chi connectivity index (χ2v) is 5.27. The third-order valence-electron chi connectivity index (χ3n) is 2.52. The van der Waals surface area contributed by atoms with Gasteiger partial charge in [-0.3, -0.25) is 4.79 Å². The van der Waals surface area contributed by atoms with Gasteiger partial charge in [0, 0.05) is 24.7 Å². The van der Waals surface area contributed by atoms with Crippen LogP contribution >= 0.6 is 11.8 Å². The van der Waals surface area contributed by atoms with Crippen LogP contribution in [-0.4, -0.2) is 22.7 Å². The summed E-state index contributed by atoms with van der Waals surface area (Å²) >= 11 is 0.864. The zero-order chi connectivity index (χ0) is 14.5. The average molecular weight is 294 g/mol.